The van der Waals surface area contributed by atoms with E-state index in [-0.39, 0.29) is 11.8 Å². The molecule has 0 aliphatic rings. The second kappa shape index (κ2) is 11.6. The van der Waals surface area contributed by atoms with Crippen molar-refractivity contribution in [3.63, 3.8) is 0 Å². The maximum Gasteiger partial charge on any atom is 0.319 e. The van der Waals surface area contributed by atoms with Gasteiger partial charge in [0, 0.05) is 16.5 Å². The average Bonchev–Trinajstić information content (AvgIpc) is 3.29. The molecule has 9 heteroatoms. The molecule has 6 nitrogen and oxygen atoms in total. The molecule has 0 aliphatic carbocycles. The third-order valence-corrected chi connectivity index (χ3v) is 6.94. The third-order valence-electron chi connectivity index (χ3n) is 5.71. The summed E-state index contributed by atoms with van der Waals surface area (Å²) in [6.45, 7) is 5.92. The fourth-order valence-electron chi connectivity index (χ4n) is 3.69. The zero-order valence-electron chi connectivity index (χ0n) is 20.3. The predicted octanol–water partition coefficient (Wildman–Crippen LogP) is 7.11. The van der Waals surface area contributed by atoms with Crippen LogP contribution in [-0.2, 0) is 12.2 Å². The number of halogens is 2. The lowest BCUT2D eigenvalue weighted by Gasteiger charge is -2.18. The van der Waals surface area contributed by atoms with E-state index in [9.17, 15) is 9.18 Å². The average molecular weight is 524 g/mol. The van der Waals surface area contributed by atoms with Crippen molar-refractivity contribution in [2.45, 2.75) is 44.1 Å². The highest BCUT2D eigenvalue weighted by Gasteiger charge is 2.22. The van der Waals surface area contributed by atoms with E-state index in [0.29, 0.717) is 27.4 Å². The number of benzene rings is 3. The summed E-state index contributed by atoms with van der Waals surface area (Å²) >= 11 is 7.80. The summed E-state index contributed by atoms with van der Waals surface area (Å²) in [5.41, 5.74) is 4.68. The number of hydrogen-bond donors (Lipinski definition) is 2. The first-order valence-electron chi connectivity index (χ1n) is 11.6. The molecule has 0 saturated heterocycles. The van der Waals surface area contributed by atoms with E-state index < -0.39 is 6.04 Å². The van der Waals surface area contributed by atoms with Crippen LogP contribution in [0.1, 0.15) is 42.4 Å². The van der Waals surface area contributed by atoms with Gasteiger partial charge in [0.05, 0.1) is 11.7 Å². The summed E-state index contributed by atoms with van der Waals surface area (Å²) in [5.74, 6) is 0.871. The first kappa shape index (κ1) is 25.7. The van der Waals surface area contributed by atoms with Gasteiger partial charge in [-0.2, -0.15) is 0 Å². The van der Waals surface area contributed by atoms with Gasteiger partial charge in [-0.25, -0.2) is 9.18 Å². The van der Waals surface area contributed by atoms with Crippen LogP contribution < -0.4 is 10.6 Å². The van der Waals surface area contributed by atoms with E-state index in [2.05, 4.69) is 27.8 Å². The summed E-state index contributed by atoms with van der Waals surface area (Å²) < 4.78 is 15.2. The van der Waals surface area contributed by atoms with Crippen molar-refractivity contribution in [1.29, 1.82) is 0 Å². The molecule has 186 valence electrons. The fourth-order valence-corrected chi connectivity index (χ4v) is 4.76. The minimum atomic E-state index is -0.453. The summed E-state index contributed by atoms with van der Waals surface area (Å²) in [5, 5.41) is 15.9. The first-order chi connectivity index (χ1) is 17.3. The molecule has 1 unspecified atom stereocenters. The highest BCUT2D eigenvalue weighted by molar-refractivity contribution is 7.98. The molecule has 2 N–H and O–H groups in total. The van der Waals surface area contributed by atoms with Crippen molar-refractivity contribution in [1.82, 2.24) is 20.1 Å². The van der Waals surface area contributed by atoms with Gasteiger partial charge in [-0.1, -0.05) is 60.6 Å². The topological polar surface area (TPSA) is 71.8 Å². The Kier molecular flexibility index (Phi) is 8.28. The number of aryl methyl sites for hydroxylation is 2. The Balaban J connectivity index is 1.58. The molecule has 1 aromatic heterocycles. The molecule has 0 saturated carbocycles. The van der Waals surface area contributed by atoms with Crippen molar-refractivity contribution in [3.8, 4) is 5.69 Å². The van der Waals surface area contributed by atoms with Crippen LogP contribution in [0.5, 0.6) is 0 Å². The minimum absolute atomic E-state index is 0.275. The summed E-state index contributed by atoms with van der Waals surface area (Å²) in [6.07, 6.45) is 0.934. The molecule has 3 aromatic carbocycles. The molecule has 0 fully saturated rings. The zero-order chi connectivity index (χ0) is 25.7. The number of amides is 2. The van der Waals surface area contributed by atoms with Crippen LogP contribution in [0.3, 0.4) is 0 Å². The first-order valence-corrected chi connectivity index (χ1v) is 13.0. The van der Waals surface area contributed by atoms with Crippen LogP contribution in [-0.4, -0.2) is 20.8 Å². The quantitative estimate of drug-likeness (QED) is 0.241. The highest BCUT2D eigenvalue weighted by Crippen LogP contribution is 2.30. The monoisotopic (exact) mass is 523 g/mol. The van der Waals surface area contributed by atoms with Gasteiger partial charge in [0.1, 0.15) is 5.82 Å². The third kappa shape index (κ3) is 6.25. The van der Waals surface area contributed by atoms with E-state index in [1.807, 2.05) is 60.9 Å². The Morgan fingerprint density at radius 1 is 1.06 bits per heavy atom. The van der Waals surface area contributed by atoms with Gasteiger partial charge in [-0.3, -0.25) is 4.57 Å². The standard InChI is InChI=1S/C27H27ClFN5OS/c1-4-19-8-13-23(14-9-19)31-26(35)30-18(3)25-32-33-27(36-16-20-6-11-22(29)12-7-20)34(25)24-15-21(28)10-5-17(24)2/h5-15,18H,4,16H2,1-3H3,(H2,30,31,35). The molecule has 0 spiro atoms. The molecule has 0 bridgehead atoms. The largest absolute Gasteiger partial charge is 0.328 e. The minimum Gasteiger partial charge on any atom is -0.328 e. The van der Waals surface area contributed by atoms with Crippen LogP contribution in [0.4, 0.5) is 14.9 Å². The van der Waals surface area contributed by atoms with Gasteiger partial charge in [-0.15, -0.1) is 10.2 Å². The number of nitrogens with one attached hydrogen (secondary N) is 2. The Morgan fingerprint density at radius 2 is 1.75 bits per heavy atom. The number of hydrogen-bond acceptors (Lipinski definition) is 4. The van der Waals surface area contributed by atoms with Gasteiger partial charge in [-0.05, 0) is 73.4 Å². The van der Waals surface area contributed by atoms with Crippen LogP contribution in [0.2, 0.25) is 5.02 Å². The molecule has 2 amide bonds. The number of urea groups is 1. The molecule has 0 radical (unpaired) electrons. The molecule has 0 aliphatic heterocycles. The van der Waals surface area contributed by atoms with Crippen molar-refractivity contribution in [3.05, 3.63) is 100 Å². The van der Waals surface area contributed by atoms with Crippen LogP contribution in [0.25, 0.3) is 5.69 Å². The number of anilines is 1. The van der Waals surface area contributed by atoms with Crippen molar-refractivity contribution in [2.75, 3.05) is 5.32 Å². The lowest BCUT2D eigenvalue weighted by atomic mass is 10.1. The summed E-state index contributed by atoms with van der Waals surface area (Å²) in [4.78, 5) is 12.7. The lowest BCUT2D eigenvalue weighted by Crippen LogP contribution is -2.32. The van der Waals surface area contributed by atoms with Gasteiger partial charge >= 0.3 is 6.03 Å². The highest BCUT2D eigenvalue weighted by atomic mass is 35.5. The smallest absolute Gasteiger partial charge is 0.319 e. The molecule has 4 rings (SSSR count). The zero-order valence-corrected chi connectivity index (χ0v) is 21.8. The number of aromatic nitrogens is 3. The molecular formula is C27H27ClFN5OS. The molecule has 1 heterocycles. The number of carbonyl (C=O) groups is 1. The van der Waals surface area contributed by atoms with Crippen LogP contribution in [0, 0.1) is 12.7 Å². The Morgan fingerprint density at radius 3 is 2.44 bits per heavy atom. The summed E-state index contributed by atoms with van der Waals surface area (Å²) in [6, 6.07) is 18.9. The van der Waals surface area contributed by atoms with E-state index >= 15 is 0 Å². The van der Waals surface area contributed by atoms with Gasteiger partial charge in [0.15, 0.2) is 11.0 Å². The van der Waals surface area contributed by atoms with Crippen LogP contribution >= 0.6 is 23.4 Å². The van der Waals surface area contributed by atoms with Crippen molar-refractivity contribution < 1.29 is 9.18 Å². The predicted molar refractivity (Wildman–Crippen MR) is 143 cm³/mol. The van der Waals surface area contributed by atoms with Crippen LogP contribution in [0.15, 0.2) is 71.9 Å². The number of thioether (sulfide) groups is 1. The van der Waals surface area contributed by atoms with E-state index in [4.69, 9.17) is 11.6 Å². The second-order valence-corrected chi connectivity index (χ2v) is 9.77. The van der Waals surface area contributed by atoms with Crippen molar-refractivity contribution >= 4 is 35.1 Å². The van der Waals surface area contributed by atoms with Crippen molar-refractivity contribution in [2.24, 2.45) is 0 Å². The Hall–Kier alpha value is -3.36. The van der Waals surface area contributed by atoms with E-state index in [0.717, 1.165) is 23.2 Å². The second-order valence-electron chi connectivity index (χ2n) is 8.39. The van der Waals surface area contributed by atoms with Gasteiger partial charge in [0.2, 0.25) is 0 Å². The Labute approximate surface area is 219 Å². The lowest BCUT2D eigenvalue weighted by molar-refractivity contribution is 0.249. The maximum atomic E-state index is 13.3. The molecule has 36 heavy (non-hydrogen) atoms. The van der Waals surface area contributed by atoms with E-state index in [1.165, 1.54) is 29.5 Å². The maximum absolute atomic E-state index is 13.3. The summed E-state index contributed by atoms with van der Waals surface area (Å²) in [7, 11) is 0. The normalized spacial score (nSPS) is 11.8. The van der Waals surface area contributed by atoms with Gasteiger partial charge < -0.3 is 10.6 Å². The molecular weight excluding hydrogens is 497 g/mol. The number of carbonyl (C=O) groups excluding carboxylic acids is 1. The number of nitrogens with zero attached hydrogens (tertiary/aromatic N) is 3. The SMILES string of the molecule is CCc1ccc(NC(=O)NC(C)c2nnc(SCc3ccc(F)cc3)n2-c2cc(Cl)ccc2C)cc1. The fraction of sp³-hybridized carbons (Fsp3) is 0.222. The Bertz CT molecular complexity index is 1340. The van der Waals surface area contributed by atoms with E-state index in [1.54, 1.807) is 12.1 Å². The molecule has 4 aromatic rings. The number of rotatable bonds is 8. The molecule has 1 atom stereocenters. The van der Waals surface area contributed by atoms with Gasteiger partial charge in [0.25, 0.3) is 0 Å².